The molecule has 7 heteroatoms. The standard InChI is InChI=1S/C19H15N3O4/c1-2-26-17(23)16-12-13-8-6-7-11-15(13)21-18(24)20(19(25)22(16)21)14-9-4-3-5-10-14/h3-12H,2H2,1H3. The molecule has 2 heterocycles. The lowest BCUT2D eigenvalue weighted by Crippen LogP contribution is -2.26. The fourth-order valence-electron chi connectivity index (χ4n) is 3.02. The number of para-hydroxylation sites is 2. The van der Waals surface area contributed by atoms with Gasteiger partial charge in [-0.15, -0.1) is 0 Å². The monoisotopic (exact) mass is 349 g/mol. The average molecular weight is 349 g/mol. The zero-order valence-electron chi connectivity index (χ0n) is 14.0. The molecule has 2 aromatic carbocycles. The fourth-order valence-corrected chi connectivity index (χ4v) is 3.02. The van der Waals surface area contributed by atoms with Gasteiger partial charge in [-0.2, -0.15) is 9.03 Å². The topological polar surface area (TPSA) is 74.2 Å². The summed E-state index contributed by atoms with van der Waals surface area (Å²) in [6.45, 7) is 1.84. The van der Waals surface area contributed by atoms with E-state index in [4.69, 9.17) is 4.74 Å². The number of hydrogen-bond donors (Lipinski definition) is 0. The molecule has 2 aromatic heterocycles. The summed E-state index contributed by atoms with van der Waals surface area (Å²) < 4.78 is 8.38. The SMILES string of the molecule is CCOC(=O)c1cc2ccccc2n2c(=O)n(-c3ccccc3)c(=O)n12. The molecule has 0 aliphatic carbocycles. The van der Waals surface area contributed by atoms with Gasteiger partial charge in [0.05, 0.1) is 17.8 Å². The molecule has 4 aromatic rings. The Kier molecular flexibility index (Phi) is 3.69. The third-order valence-corrected chi connectivity index (χ3v) is 4.13. The minimum Gasteiger partial charge on any atom is -0.461 e. The van der Waals surface area contributed by atoms with Crippen LogP contribution in [0.15, 0.2) is 70.3 Å². The predicted molar refractivity (Wildman–Crippen MR) is 96.2 cm³/mol. The first-order valence-electron chi connectivity index (χ1n) is 8.14. The Bertz CT molecular complexity index is 1250. The van der Waals surface area contributed by atoms with Crippen LogP contribution in [0.3, 0.4) is 0 Å². The number of ether oxygens (including phenoxy) is 1. The van der Waals surface area contributed by atoms with Crippen LogP contribution in [-0.2, 0) is 4.74 Å². The van der Waals surface area contributed by atoms with Crippen LogP contribution in [-0.4, -0.2) is 26.2 Å². The maximum atomic E-state index is 13.0. The molecule has 0 amide bonds. The minimum absolute atomic E-state index is 0.00216. The zero-order chi connectivity index (χ0) is 18.3. The van der Waals surface area contributed by atoms with Gasteiger partial charge < -0.3 is 4.74 Å². The van der Waals surface area contributed by atoms with Crippen LogP contribution >= 0.6 is 0 Å². The van der Waals surface area contributed by atoms with Crippen molar-refractivity contribution in [3.63, 3.8) is 0 Å². The summed E-state index contributed by atoms with van der Waals surface area (Å²) in [5.41, 5.74) is -0.226. The number of carbonyl (C=O) groups is 1. The van der Waals surface area contributed by atoms with Crippen LogP contribution in [0.5, 0.6) is 0 Å². The largest absolute Gasteiger partial charge is 0.461 e. The lowest BCUT2D eigenvalue weighted by Gasteiger charge is -2.08. The van der Waals surface area contributed by atoms with Gasteiger partial charge >= 0.3 is 17.3 Å². The van der Waals surface area contributed by atoms with E-state index < -0.39 is 17.3 Å². The number of esters is 1. The van der Waals surface area contributed by atoms with Gasteiger partial charge in [-0.05, 0) is 31.2 Å². The predicted octanol–water partition coefficient (Wildman–Crippen LogP) is 1.88. The first kappa shape index (κ1) is 15.9. The average Bonchev–Trinajstić information content (AvgIpc) is 2.93. The van der Waals surface area contributed by atoms with Crippen LogP contribution in [0.25, 0.3) is 16.6 Å². The van der Waals surface area contributed by atoms with Crippen molar-refractivity contribution in [3.8, 4) is 5.69 Å². The van der Waals surface area contributed by atoms with Crippen molar-refractivity contribution >= 4 is 16.9 Å². The van der Waals surface area contributed by atoms with Crippen LogP contribution in [0.4, 0.5) is 0 Å². The van der Waals surface area contributed by atoms with E-state index in [1.54, 1.807) is 67.6 Å². The van der Waals surface area contributed by atoms with Gasteiger partial charge in [0.2, 0.25) is 0 Å². The Morgan fingerprint density at radius 2 is 1.58 bits per heavy atom. The lowest BCUT2D eigenvalue weighted by molar-refractivity contribution is 0.0514. The molecule has 0 unspecified atom stereocenters. The lowest BCUT2D eigenvalue weighted by atomic mass is 10.2. The molecule has 0 fully saturated rings. The highest BCUT2D eigenvalue weighted by Crippen LogP contribution is 2.15. The Balaban J connectivity index is 2.21. The van der Waals surface area contributed by atoms with Gasteiger partial charge in [0.25, 0.3) is 0 Å². The van der Waals surface area contributed by atoms with E-state index in [1.807, 2.05) is 0 Å². The molecule has 7 nitrogen and oxygen atoms in total. The van der Waals surface area contributed by atoms with Crippen molar-refractivity contribution in [2.24, 2.45) is 0 Å². The zero-order valence-corrected chi connectivity index (χ0v) is 14.0. The maximum absolute atomic E-state index is 13.0. The summed E-state index contributed by atoms with van der Waals surface area (Å²) >= 11 is 0. The van der Waals surface area contributed by atoms with Crippen molar-refractivity contribution in [2.45, 2.75) is 6.92 Å². The number of benzene rings is 2. The smallest absolute Gasteiger partial charge is 0.357 e. The van der Waals surface area contributed by atoms with Crippen molar-refractivity contribution in [1.82, 2.24) is 13.6 Å². The minimum atomic E-state index is -0.664. The van der Waals surface area contributed by atoms with E-state index in [1.165, 1.54) is 4.52 Å². The highest BCUT2D eigenvalue weighted by atomic mass is 16.5. The van der Waals surface area contributed by atoms with Gasteiger partial charge in [-0.25, -0.2) is 19.0 Å². The summed E-state index contributed by atoms with van der Waals surface area (Å²) in [4.78, 5) is 38.5. The molecule has 0 bridgehead atoms. The first-order chi connectivity index (χ1) is 12.6. The summed E-state index contributed by atoms with van der Waals surface area (Å²) in [7, 11) is 0. The van der Waals surface area contributed by atoms with Crippen molar-refractivity contribution in [2.75, 3.05) is 6.61 Å². The van der Waals surface area contributed by atoms with Crippen molar-refractivity contribution < 1.29 is 9.53 Å². The molecule has 0 saturated carbocycles. The third-order valence-electron chi connectivity index (χ3n) is 4.13. The van der Waals surface area contributed by atoms with Crippen LogP contribution in [0.1, 0.15) is 17.4 Å². The molecule has 0 saturated heterocycles. The molecule has 0 radical (unpaired) electrons. The van der Waals surface area contributed by atoms with Gasteiger partial charge in [0.15, 0.2) is 5.69 Å². The van der Waals surface area contributed by atoms with E-state index in [2.05, 4.69) is 0 Å². The fraction of sp³-hybridized carbons (Fsp3) is 0.105. The summed E-state index contributed by atoms with van der Waals surface area (Å²) in [5.74, 6) is -0.664. The van der Waals surface area contributed by atoms with Crippen LogP contribution < -0.4 is 11.4 Å². The second-order valence-corrected chi connectivity index (χ2v) is 5.67. The summed E-state index contributed by atoms with van der Waals surface area (Å²) in [5, 5.41) is 0.655. The number of nitrogens with zero attached hydrogens (tertiary/aromatic N) is 3. The highest BCUT2D eigenvalue weighted by Gasteiger charge is 2.21. The van der Waals surface area contributed by atoms with Gasteiger partial charge in [-0.1, -0.05) is 36.4 Å². The van der Waals surface area contributed by atoms with E-state index in [9.17, 15) is 14.4 Å². The first-order valence-corrected chi connectivity index (χ1v) is 8.14. The van der Waals surface area contributed by atoms with Crippen LogP contribution in [0.2, 0.25) is 0 Å². The van der Waals surface area contributed by atoms with E-state index >= 15 is 0 Å². The van der Waals surface area contributed by atoms with Gasteiger partial charge in [-0.3, -0.25) is 0 Å². The molecular formula is C19H15N3O4. The van der Waals surface area contributed by atoms with Crippen molar-refractivity contribution in [3.05, 3.63) is 87.3 Å². The molecule has 0 aliphatic heterocycles. The number of fused-ring (bicyclic) bond motifs is 3. The second-order valence-electron chi connectivity index (χ2n) is 5.67. The molecule has 26 heavy (non-hydrogen) atoms. The molecule has 0 aliphatic rings. The third kappa shape index (κ3) is 2.25. The molecule has 0 N–H and O–H groups in total. The summed E-state index contributed by atoms with van der Waals surface area (Å²) in [6.07, 6.45) is 0. The molecule has 130 valence electrons. The van der Waals surface area contributed by atoms with Crippen LogP contribution in [0, 0.1) is 0 Å². The van der Waals surface area contributed by atoms with Crippen molar-refractivity contribution in [1.29, 1.82) is 0 Å². The quantitative estimate of drug-likeness (QED) is 0.529. The Morgan fingerprint density at radius 1 is 0.923 bits per heavy atom. The number of rotatable bonds is 3. The molecule has 0 atom stereocenters. The van der Waals surface area contributed by atoms with E-state index in [0.717, 1.165) is 9.08 Å². The maximum Gasteiger partial charge on any atom is 0.357 e. The Hall–Kier alpha value is -3.61. The number of aromatic nitrogens is 3. The molecular weight excluding hydrogens is 334 g/mol. The Labute approximate surface area is 147 Å². The molecule has 4 rings (SSSR count). The molecule has 0 spiro atoms. The van der Waals surface area contributed by atoms with Gasteiger partial charge in [0.1, 0.15) is 0 Å². The normalized spacial score (nSPS) is 11.1. The number of carbonyl (C=O) groups excluding carboxylic acids is 1. The second kappa shape index (κ2) is 6.03. The highest BCUT2D eigenvalue weighted by molar-refractivity contribution is 5.92. The number of hydrogen-bond acceptors (Lipinski definition) is 4. The Morgan fingerprint density at radius 3 is 2.31 bits per heavy atom. The summed E-state index contributed by atoms with van der Waals surface area (Å²) in [6, 6.07) is 17.2. The van der Waals surface area contributed by atoms with Gasteiger partial charge in [0, 0.05) is 5.39 Å². The van der Waals surface area contributed by atoms with E-state index in [-0.39, 0.29) is 12.3 Å². The van der Waals surface area contributed by atoms with E-state index in [0.29, 0.717) is 16.6 Å².